The van der Waals surface area contributed by atoms with Gasteiger partial charge in [0.1, 0.15) is 5.65 Å². The van der Waals surface area contributed by atoms with E-state index < -0.39 is 13.2 Å². The van der Waals surface area contributed by atoms with Crippen molar-refractivity contribution >= 4 is 124 Å². The van der Waals surface area contributed by atoms with E-state index in [2.05, 4.69) is 169 Å². The lowest BCUT2D eigenvalue weighted by Gasteiger charge is -2.24. The fraction of sp³-hybridized carbons (Fsp3) is 0.0161. The molecule has 0 amide bonds. The molecule has 0 saturated carbocycles. The number of hydrogen-bond acceptors (Lipinski definition) is 5. The van der Waals surface area contributed by atoms with Crippen LogP contribution < -0.4 is 26.5 Å². The van der Waals surface area contributed by atoms with Crippen molar-refractivity contribution in [1.82, 2.24) is 14.4 Å². The molecule has 0 radical (unpaired) electrons. The number of hydrogen-bond donors (Lipinski definition) is 0. The molecule has 0 aliphatic heterocycles. The molecule has 0 unspecified atom stereocenters. The van der Waals surface area contributed by atoms with Crippen LogP contribution in [-0.2, 0) is 16.4 Å². The van der Waals surface area contributed by atoms with Gasteiger partial charge in [0.05, 0.1) is 27.8 Å². The highest BCUT2D eigenvalue weighted by molar-refractivity contribution is 8.23. The lowest BCUT2D eigenvalue weighted by Crippen LogP contribution is -2.24. The number of aliphatic imine (C=N–C) groups is 1. The Kier molecular flexibility index (Phi) is 10.9. The van der Waals surface area contributed by atoms with Gasteiger partial charge in [-0.05, 0) is 87.7 Å². The molecule has 12 rings (SSSR count). The van der Waals surface area contributed by atoms with Crippen molar-refractivity contribution < 1.29 is 4.57 Å². The minimum atomic E-state index is -3.17. The second-order valence-electron chi connectivity index (χ2n) is 17.6. The van der Waals surface area contributed by atoms with Gasteiger partial charge in [-0.15, -0.1) is 0 Å². The second kappa shape index (κ2) is 17.6. The first-order chi connectivity index (χ1) is 34.3. The van der Waals surface area contributed by atoms with E-state index in [4.69, 9.17) is 21.8 Å². The third-order valence-corrected chi connectivity index (χ3v) is 22.0. The Balaban J connectivity index is 1.01. The summed E-state index contributed by atoms with van der Waals surface area (Å²) in [7, 11) is -3.17. The molecule has 3 heterocycles. The van der Waals surface area contributed by atoms with Crippen LogP contribution in [-0.4, -0.2) is 21.1 Å². The Morgan fingerprint density at radius 1 is 0.543 bits per heavy atom. The van der Waals surface area contributed by atoms with Crippen LogP contribution in [0, 0.1) is 0 Å². The van der Waals surface area contributed by atoms with Gasteiger partial charge < -0.3 is 4.57 Å². The summed E-state index contributed by atoms with van der Waals surface area (Å²) in [6, 6.07) is 72.4. The average Bonchev–Trinajstić information content (AvgIpc) is 3.82. The maximum Gasteiger partial charge on any atom is 0.171 e. The summed E-state index contributed by atoms with van der Waals surface area (Å²) in [6.45, 7) is 6.20. The molecule has 8 heteroatoms. The Bertz CT molecular complexity index is 4120. The molecule has 0 saturated heterocycles. The van der Waals surface area contributed by atoms with Crippen LogP contribution in [0.15, 0.2) is 247 Å². The van der Waals surface area contributed by atoms with Crippen LogP contribution in [0.25, 0.3) is 76.9 Å². The molecule has 0 aliphatic rings. The number of allylic oxidation sites excluding steroid dienone is 3. The van der Waals surface area contributed by atoms with E-state index in [1.807, 2.05) is 91.1 Å². The maximum absolute atomic E-state index is 15.2. The Hall–Kier alpha value is -7.85. The van der Waals surface area contributed by atoms with Crippen LogP contribution in [0.2, 0.25) is 0 Å². The molecule has 0 spiro atoms. The standard InChI is InChI=1S/C62H44N4OP2S/c1-42(69(70,50-22-11-5-12-23-50)51-24-13-6-14-25-51)27-35-56(63-2)46-31-36-57-60(39-46)66-59-38-44(30-33-54(59)55-34-29-43-17-15-16-26-53(43)61(55)62(66)65-57)47-37-45-28-32-52(40-58(45)64-41-47)68(67,48-18-7-3-8-19-48)49-20-9-4-10-21-49/h3-41H,2H2,1H3/b42-27+,56-35-. The van der Waals surface area contributed by atoms with Gasteiger partial charge in [0.2, 0.25) is 0 Å². The predicted octanol–water partition coefficient (Wildman–Crippen LogP) is 13.9. The lowest BCUT2D eigenvalue weighted by atomic mass is 9.97. The molecule has 0 atom stereocenters. The van der Waals surface area contributed by atoms with E-state index in [9.17, 15) is 0 Å². The van der Waals surface area contributed by atoms with Gasteiger partial charge in [-0.2, -0.15) is 0 Å². The number of benzene rings is 9. The van der Waals surface area contributed by atoms with E-state index in [-0.39, 0.29) is 0 Å². The molecular formula is C62H44N4OP2S. The summed E-state index contributed by atoms with van der Waals surface area (Å²) < 4.78 is 17.5. The number of pyridine rings is 2. The van der Waals surface area contributed by atoms with E-state index in [1.54, 1.807) is 0 Å². The number of aromatic nitrogens is 3. The first-order valence-electron chi connectivity index (χ1n) is 23.2. The number of nitrogens with zero attached hydrogens (tertiary/aromatic N) is 4. The van der Waals surface area contributed by atoms with Crippen LogP contribution in [0.3, 0.4) is 0 Å². The molecule has 334 valence electrons. The van der Waals surface area contributed by atoms with Crippen molar-refractivity contribution in [2.24, 2.45) is 4.99 Å². The van der Waals surface area contributed by atoms with E-state index in [0.29, 0.717) is 0 Å². The highest BCUT2D eigenvalue weighted by Gasteiger charge is 2.30. The van der Waals surface area contributed by atoms with Crippen LogP contribution in [0.5, 0.6) is 0 Å². The van der Waals surface area contributed by atoms with Gasteiger partial charge in [-0.3, -0.25) is 14.4 Å². The minimum Gasteiger partial charge on any atom is -0.309 e. The highest BCUT2D eigenvalue weighted by Crippen LogP contribution is 2.52. The topological polar surface area (TPSA) is 59.6 Å². The van der Waals surface area contributed by atoms with Gasteiger partial charge in [-0.1, -0.05) is 206 Å². The third-order valence-electron chi connectivity index (χ3n) is 13.6. The van der Waals surface area contributed by atoms with Crippen molar-refractivity contribution in [1.29, 1.82) is 0 Å². The van der Waals surface area contributed by atoms with Crippen molar-refractivity contribution in [3.05, 3.63) is 248 Å². The molecule has 70 heavy (non-hydrogen) atoms. The SMILES string of the molecule is C=N/C(=C\C=C(/C)P(=S)(c1ccccc1)c1ccccc1)c1ccc2nc3c4c5ccccc5ccc4c4ccc(-c5cnc6cc(P(=O)(c7ccccc7)c7ccccc7)ccc6c5)cc4n3c2c1. The second-order valence-corrected chi connectivity index (χ2v) is 25.0. The predicted molar refractivity (Wildman–Crippen MR) is 303 cm³/mol. The summed E-state index contributed by atoms with van der Waals surface area (Å²) >= 11 is 6.65. The lowest BCUT2D eigenvalue weighted by molar-refractivity contribution is 0.592. The first-order valence-corrected chi connectivity index (χ1v) is 27.7. The quantitative estimate of drug-likeness (QED) is 0.0593. The van der Waals surface area contributed by atoms with E-state index in [0.717, 1.165) is 114 Å². The number of fused-ring (bicyclic) bond motifs is 11. The smallest absolute Gasteiger partial charge is 0.171 e. The van der Waals surface area contributed by atoms with Gasteiger partial charge in [0.15, 0.2) is 7.14 Å². The van der Waals surface area contributed by atoms with E-state index >= 15 is 4.57 Å². The summed E-state index contributed by atoms with van der Waals surface area (Å²) in [5.41, 5.74) is 8.19. The van der Waals surface area contributed by atoms with Gasteiger partial charge in [0, 0.05) is 55.4 Å². The average molecular weight is 955 g/mol. The van der Waals surface area contributed by atoms with Crippen molar-refractivity contribution in [2.45, 2.75) is 6.92 Å². The summed E-state index contributed by atoms with van der Waals surface area (Å²) in [4.78, 5) is 15.0. The number of imidazole rings is 1. The monoisotopic (exact) mass is 954 g/mol. The Morgan fingerprint density at radius 3 is 1.83 bits per heavy atom. The third kappa shape index (κ3) is 7.18. The van der Waals surface area contributed by atoms with E-state index in [1.165, 1.54) is 0 Å². The Labute approximate surface area is 411 Å². The molecule has 0 fully saturated rings. The van der Waals surface area contributed by atoms with Crippen molar-refractivity contribution in [2.75, 3.05) is 0 Å². The van der Waals surface area contributed by atoms with Crippen molar-refractivity contribution in [3.63, 3.8) is 0 Å². The van der Waals surface area contributed by atoms with Crippen molar-refractivity contribution in [3.8, 4) is 11.1 Å². The molecule has 0 N–H and O–H groups in total. The molecule has 5 nitrogen and oxygen atoms in total. The van der Waals surface area contributed by atoms with Crippen LogP contribution in [0.4, 0.5) is 0 Å². The van der Waals surface area contributed by atoms with Crippen LogP contribution in [0.1, 0.15) is 12.5 Å². The molecule has 0 aliphatic carbocycles. The zero-order valence-corrected chi connectivity index (χ0v) is 40.8. The first kappa shape index (κ1) is 43.4. The fourth-order valence-corrected chi connectivity index (χ4v) is 16.2. The molecule has 9 aromatic carbocycles. The van der Waals surface area contributed by atoms with Gasteiger partial charge in [0.25, 0.3) is 0 Å². The largest absolute Gasteiger partial charge is 0.309 e. The highest BCUT2D eigenvalue weighted by atomic mass is 32.4. The Morgan fingerprint density at radius 2 is 1.16 bits per heavy atom. The maximum atomic E-state index is 15.2. The molecule has 3 aromatic heterocycles. The fourth-order valence-electron chi connectivity index (χ4n) is 10.1. The zero-order chi connectivity index (χ0) is 47.4. The molecule has 0 bridgehead atoms. The number of rotatable bonds is 10. The van der Waals surface area contributed by atoms with Gasteiger partial charge in [-0.25, -0.2) is 4.98 Å². The summed E-state index contributed by atoms with van der Waals surface area (Å²) in [6.07, 6.45) is 6.11. The van der Waals surface area contributed by atoms with Crippen LogP contribution >= 0.6 is 13.2 Å². The zero-order valence-electron chi connectivity index (χ0n) is 38.2. The molecule has 12 aromatic rings. The minimum absolute atomic E-state index is 0.740. The summed E-state index contributed by atoms with van der Waals surface area (Å²) in [5.74, 6) is 0. The van der Waals surface area contributed by atoms with Gasteiger partial charge >= 0.3 is 0 Å². The molecular weight excluding hydrogens is 911 g/mol. The normalized spacial score (nSPS) is 12.7. The summed E-state index contributed by atoms with van der Waals surface area (Å²) in [5, 5.41) is 12.4.